The maximum atomic E-state index is 4.59. The molecule has 17 heavy (non-hydrogen) atoms. The van der Waals surface area contributed by atoms with Crippen LogP contribution in [0.15, 0.2) is 0 Å². The standard InChI is InChI=1S/C4H8N2S4.6H3N.Ni/c7-3(8)5-1-2-6-4(9)10;;;;;;;/h1-2H2,(H2,5,7,8)(H2,6,9,10);6*1H3;/q;;;;;;;+2/p-2. The van der Waals surface area contributed by atoms with Gasteiger partial charge in [-0.25, -0.2) is 0 Å². The number of rotatable bonds is 3. The van der Waals surface area contributed by atoms with Crippen molar-refractivity contribution in [3.05, 3.63) is 0 Å². The van der Waals surface area contributed by atoms with Gasteiger partial charge in [-0.2, -0.15) is 0 Å². The summed E-state index contributed by atoms with van der Waals surface area (Å²) < 4.78 is 0.745. The van der Waals surface area contributed by atoms with Crippen molar-refractivity contribution in [3.8, 4) is 0 Å². The van der Waals surface area contributed by atoms with Crippen LogP contribution in [-0.4, -0.2) is 21.7 Å². The summed E-state index contributed by atoms with van der Waals surface area (Å²) in [7, 11) is 0. The number of thiocarbonyl (C=S) groups is 2. The first-order valence-electron chi connectivity index (χ1n) is 2.52. The molecule has 0 fully saturated rings. The molecule has 0 aromatic rings. The Morgan fingerprint density at radius 2 is 0.882 bits per heavy atom. The molecule has 13 heteroatoms. The average Bonchev–Trinajstić information content (AvgIpc) is 1.79. The fourth-order valence-corrected chi connectivity index (χ4v) is 0.737. The molecule has 20 N–H and O–H groups in total. The molecule has 0 radical (unpaired) electrons. The quantitative estimate of drug-likeness (QED) is 0.149. The summed E-state index contributed by atoms with van der Waals surface area (Å²) in [6.45, 7) is 1.33. The Kier molecular flexibility index (Phi) is 112. The molecule has 0 spiro atoms. The molecule has 0 rings (SSSR count). The second kappa shape index (κ2) is 36.0. The Morgan fingerprint density at radius 3 is 1.00 bits per heavy atom. The minimum atomic E-state index is 0. The van der Waals surface area contributed by atoms with Crippen molar-refractivity contribution < 1.29 is 16.5 Å². The van der Waals surface area contributed by atoms with E-state index in [1.807, 2.05) is 0 Å². The van der Waals surface area contributed by atoms with Crippen LogP contribution in [0.5, 0.6) is 0 Å². The number of nitrogens with one attached hydrogen (secondary N) is 2. The molecule has 0 aromatic heterocycles. The molecule has 0 bridgehead atoms. The summed E-state index contributed by atoms with van der Waals surface area (Å²) in [6, 6.07) is 0. The van der Waals surface area contributed by atoms with Crippen LogP contribution < -0.4 is 47.5 Å². The molecule has 0 atom stereocenters. The molecule has 0 amide bonds. The van der Waals surface area contributed by atoms with E-state index in [4.69, 9.17) is 0 Å². The van der Waals surface area contributed by atoms with E-state index in [0.717, 1.165) is 0 Å². The number of hydrogen-bond acceptors (Lipinski definition) is 10. The summed E-state index contributed by atoms with van der Waals surface area (Å²) in [5, 5.41) is 5.56. The van der Waals surface area contributed by atoms with Crippen molar-refractivity contribution in [2.24, 2.45) is 0 Å². The van der Waals surface area contributed by atoms with Crippen LogP contribution in [0.2, 0.25) is 0 Å². The summed E-state index contributed by atoms with van der Waals surface area (Å²) in [5.74, 6) is 0. The van der Waals surface area contributed by atoms with Gasteiger partial charge in [0, 0.05) is 13.1 Å². The SMILES string of the molecule is N.N.N.N.N.N.S=C([S-])NCCNC(=S)[S-].[Ni+2]. The van der Waals surface area contributed by atoms with Crippen molar-refractivity contribution in [1.82, 2.24) is 47.5 Å². The Balaban J connectivity index is -0.0000000193. The van der Waals surface area contributed by atoms with Gasteiger partial charge in [-0.05, 0) is 0 Å². The van der Waals surface area contributed by atoms with Gasteiger partial charge in [0.1, 0.15) is 0 Å². The van der Waals surface area contributed by atoms with E-state index in [1.165, 1.54) is 0 Å². The minimum Gasteiger partial charge on any atom is -0.412 e. The van der Waals surface area contributed by atoms with Crippen LogP contribution in [0, 0.1) is 0 Å². The van der Waals surface area contributed by atoms with Crippen LogP contribution in [0.1, 0.15) is 0 Å². The summed E-state index contributed by atoms with van der Waals surface area (Å²) in [6.07, 6.45) is 0. The fourth-order valence-electron chi connectivity index (χ4n) is 0.329. The summed E-state index contributed by atoms with van der Waals surface area (Å²) in [5.41, 5.74) is 0. The van der Waals surface area contributed by atoms with E-state index in [2.05, 4.69) is 60.3 Å². The monoisotopic (exact) mass is 370 g/mol. The van der Waals surface area contributed by atoms with Crippen molar-refractivity contribution in [1.29, 1.82) is 0 Å². The fraction of sp³-hybridized carbons (Fsp3) is 0.500. The van der Waals surface area contributed by atoms with Crippen molar-refractivity contribution in [2.45, 2.75) is 0 Å². The van der Waals surface area contributed by atoms with E-state index in [1.54, 1.807) is 0 Å². The second-order valence-corrected chi connectivity index (χ2v) is 3.58. The Hall–Kier alpha value is 0.474. The molecular weight excluding hydrogens is 347 g/mol. The first-order valence-corrected chi connectivity index (χ1v) is 4.16. The average molecular weight is 371 g/mol. The molecule has 0 aromatic carbocycles. The zero-order valence-corrected chi connectivity index (χ0v) is 13.9. The molecule has 114 valence electrons. The van der Waals surface area contributed by atoms with Gasteiger partial charge in [-0.3, -0.25) is 0 Å². The van der Waals surface area contributed by atoms with Crippen molar-refractivity contribution in [2.75, 3.05) is 13.1 Å². The zero-order chi connectivity index (χ0) is 7.98. The molecule has 0 saturated carbocycles. The first kappa shape index (κ1) is 52.8. The smallest absolute Gasteiger partial charge is 0.412 e. The number of hydrogen-bond donors (Lipinski definition) is 8. The van der Waals surface area contributed by atoms with Gasteiger partial charge in [-0.15, -0.1) is 0 Å². The molecule has 0 aliphatic carbocycles. The van der Waals surface area contributed by atoms with Gasteiger partial charge in [-0.1, -0.05) is 8.64 Å². The second-order valence-electron chi connectivity index (χ2n) is 1.43. The molecule has 0 saturated heterocycles. The third-order valence-corrected chi connectivity index (χ3v) is 1.24. The topological polar surface area (TPSA) is 234 Å². The summed E-state index contributed by atoms with van der Waals surface area (Å²) in [4.78, 5) is 0. The van der Waals surface area contributed by atoms with Gasteiger partial charge in [0.05, 0.1) is 0 Å². The van der Waals surface area contributed by atoms with Gasteiger partial charge in [0.2, 0.25) is 0 Å². The normalized spacial score (nSPS) is 4.94. The molecule has 8 nitrogen and oxygen atoms in total. The maximum Gasteiger partial charge on any atom is 2.00 e. The largest absolute Gasteiger partial charge is 2.00 e. The molecule has 0 unspecified atom stereocenters. The Morgan fingerprint density at radius 1 is 0.706 bits per heavy atom. The molecule has 0 aliphatic rings. The molecular formula is C4H24N8NiS4. The van der Waals surface area contributed by atoms with Crippen molar-refractivity contribution in [3.63, 3.8) is 0 Å². The Labute approximate surface area is 135 Å². The molecule has 0 heterocycles. The summed E-state index contributed by atoms with van der Waals surface area (Å²) >= 11 is 18.4. The van der Waals surface area contributed by atoms with Crippen LogP contribution in [-0.2, 0) is 41.7 Å². The first-order chi connectivity index (χ1) is 4.63. The van der Waals surface area contributed by atoms with E-state index in [9.17, 15) is 0 Å². The van der Waals surface area contributed by atoms with Gasteiger partial charge in [0.25, 0.3) is 0 Å². The van der Waals surface area contributed by atoms with E-state index >= 15 is 0 Å². The zero-order valence-electron chi connectivity index (χ0n) is 9.61. The van der Waals surface area contributed by atoms with Crippen LogP contribution in [0.25, 0.3) is 0 Å². The maximum absolute atomic E-state index is 4.59. The van der Waals surface area contributed by atoms with Crippen LogP contribution in [0.3, 0.4) is 0 Å². The predicted molar refractivity (Wildman–Crippen MR) is 86.1 cm³/mol. The third kappa shape index (κ3) is 61.8. The van der Waals surface area contributed by atoms with Gasteiger partial charge >= 0.3 is 16.5 Å². The van der Waals surface area contributed by atoms with Crippen LogP contribution >= 0.6 is 24.4 Å². The van der Waals surface area contributed by atoms with E-state index in [-0.39, 0.29) is 53.4 Å². The van der Waals surface area contributed by atoms with Crippen LogP contribution in [0.4, 0.5) is 0 Å². The van der Waals surface area contributed by atoms with E-state index < -0.39 is 0 Å². The third-order valence-electron chi connectivity index (χ3n) is 0.664. The van der Waals surface area contributed by atoms with Gasteiger partial charge in [0.15, 0.2) is 0 Å². The van der Waals surface area contributed by atoms with Gasteiger partial charge < -0.3 is 97.2 Å². The minimum absolute atomic E-state index is 0. The van der Waals surface area contributed by atoms with E-state index in [0.29, 0.717) is 21.7 Å². The Bertz CT molecular complexity index is 133. The molecule has 0 aliphatic heterocycles. The van der Waals surface area contributed by atoms with Crippen molar-refractivity contribution >= 4 is 58.3 Å². The predicted octanol–water partition coefficient (Wildman–Crippen LogP) is 0.799.